The lowest BCUT2D eigenvalue weighted by atomic mass is 10.2. The second kappa shape index (κ2) is 6.68. The van der Waals surface area contributed by atoms with Gasteiger partial charge >= 0.3 is 0 Å². The van der Waals surface area contributed by atoms with Crippen LogP contribution in [0.2, 0.25) is 0 Å². The SMILES string of the molecule is CC(NC(=O)COc1ccccc1C#N)c1nccs1. The molecule has 1 aromatic carbocycles. The van der Waals surface area contributed by atoms with Gasteiger partial charge in [-0.25, -0.2) is 4.98 Å². The first-order valence-corrected chi connectivity index (χ1v) is 6.89. The first-order valence-electron chi connectivity index (χ1n) is 6.01. The van der Waals surface area contributed by atoms with Crippen molar-refractivity contribution in [3.05, 3.63) is 46.4 Å². The minimum absolute atomic E-state index is 0.131. The van der Waals surface area contributed by atoms with Crippen LogP contribution in [0.3, 0.4) is 0 Å². The molecule has 0 aliphatic carbocycles. The number of carbonyl (C=O) groups excluding carboxylic acids is 1. The fourth-order valence-electron chi connectivity index (χ4n) is 1.62. The summed E-state index contributed by atoms with van der Waals surface area (Å²) in [6, 6.07) is 8.67. The number of nitriles is 1. The zero-order valence-electron chi connectivity index (χ0n) is 10.9. The lowest BCUT2D eigenvalue weighted by molar-refractivity contribution is -0.123. The quantitative estimate of drug-likeness (QED) is 0.915. The molecule has 20 heavy (non-hydrogen) atoms. The van der Waals surface area contributed by atoms with Crippen molar-refractivity contribution < 1.29 is 9.53 Å². The molecule has 1 unspecified atom stereocenters. The molecular weight excluding hydrogens is 274 g/mol. The number of hydrogen-bond donors (Lipinski definition) is 1. The van der Waals surface area contributed by atoms with Gasteiger partial charge in [-0.2, -0.15) is 5.26 Å². The Morgan fingerprint density at radius 2 is 2.35 bits per heavy atom. The van der Waals surface area contributed by atoms with Crippen molar-refractivity contribution in [1.29, 1.82) is 5.26 Å². The number of thiazole rings is 1. The first-order chi connectivity index (χ1) is 9.70. The van der Waals surface area contributed by atoms with Gasteiger partial charge in [0.1, 0.15) is 16.8 Å². The summed E-state index contributed by atoms with van der Waals surface area (Å²) in [7, 11) is 0. The van der Waals surface area contributed by atoms with Gasteiger partial charge in [-0.3, -0.25) is 4.79 Å². The van der Waals surface area contributed by atoms with Crippen molar-refractivity contribution in [2.75, 3.05) is 6.61 Å². The second-order valence-corrected chi connectivity index (χ2v) is 4.98. The van der Waals surface area contributed by atoms with E-state index in [0.29, 0.717) is 11.3 Å². The number of hydrogen-bond acceptors (Lipinski definition) is 5. The fourth-order valence-corrected chi connectivity index (χ4v) is 2.27. The average Bonchev–Trinajstić information content (AvgIpc) is 2.99. The third-order valence-corrected chi connectivity index (χ3v) is 3.52. The van der Waals surface area contributed by atoms with E-state index in [1.165, 1.54) is 11.3 Å². The van der Waals surface area contributed by atoms with Crippen LogP contribution in [-0.2, 0) is 4.79 Å². The van der Waals surface area contributed by atoms with Crippen LogP contribution in [0.15, 0.2) is 35.8 Å². The van der Waals surface area contributed by atoms with E-state index in [1.807, 2.05) is 18.4 Å². The number of nitrogens with one attached hydrogen (secondary N) is 1. The molecule has 1 atom stereocenters. The number of carbonyl (C=O) groups is 1. The van der Waals surface area contributed by atoms with Crippen LogP contribution in [0.5, 0.6) is 5.75 Å². The number of benzene rings is 1. The van der Waals surface area contributed by atoms with Crippen LogP contribution in [0, 0.1) is 11.3 Å². The topological polar surface area (TPSA) is 75.0 Å². The van der Waals surface area contributed by atoms with Gasteiger partial charge in [0.25, 0.3) is 5.91 Å². The Morgan fingerprint density at radius 1 is 1.55 bits per heavy atom. The molecule has 1 aromatic heterocycles. The second-order valence-electron chi connectivity index (χ2n) is 4.06. The van der Waals surface area contributed by atoms with Crippen LogP contribution >= 0.6 is 11.3 Å². The standard InChI is InChI=1S/C14H13N3O2S/c1-10(14-16-6-7-20-14)17-13(18)9-19-12-5-3-2-4-11(12)8-15/h2-7,10H,9H2,1H3,(H,17,18). The predicted molar refractivity (Wildman–Crippen MR) is 75.3 cm³/mol. The molecule has 1 heterocycles. The summed E-state index contributed by atoms with van der Waals surface area (Å²) >= 11 is 1.48. The Balaban J connectivity index is 1.88. The lowest BCUT2D eigenvalue weighted by Gasteiger charge is -2.12. The minimum Gasteiger partial charge on any atom is -0.482 e. The average molecular weight is 287 g/mol. The van der Waals surface area contributed by atoms with E-state index in [4.69, 9.17) is 10.00 Å². The first kappa shape index (κ1) is 14.0. The van der Waals surface area contributed by atoms with E-state index >= 15 is 0 Å². The van der Waals surface area contributed by atoms with Crippen LogP contribution < -0.4 is 10.1 Å². The number of rotatable bonds is 5. The molecule has 0 fully saturated rings. The summed E-state index contributed by atoms with van der Waals surface area (Å²) in [4.78, 5) is 15.9. The summed E-state index contributed by atoms with van der Waals surface area (Å²) < 4.78 is 5.36. The maximum Gasteiger partial charge on any atom is 0.258 e. The third kappa shape index (κ3) is 3.56. The van der Waals surface area contributed by atoms with E-state index in [9.17, 15) is 4.79 Å². The van der Waals surface area contributed by atoms with E-state index in [0.717, 1.165) is 5.01 Å². The molecule has 6 heteroatoms. The van der Waals surface area contributed by atoms with Crippen molar-refractivity contribution in [1.82, 2.24) is 10.3 Å². The molecule has 2 rings (SSSR count). The Hall–Kier alpha value is -2.39. The third-order valence-electron chi connectivity index (χ3n) is 2.57. The van der Waals surface area contributed by atoms with Crippen molar-refractivity contribution in [2.45, 2.75) is 13.0 Å². The largest absolute Gasteiger partial charge is 0.482 e. The van der Waals surface area contributed by atoms with E-state index in [-0.39, 0.29) is 18.6 Å². The summed E-state index contributed by atoms with van der Waals surface area (Å²) in [5, 5.41) is 14.4. The molecule has 1 amide bonds. The highest BCUT2D eigenvalue weighted by Crippen LogP contribution is 2.17. The van der Waals surface area contributed by atoms with Gasteiger partial charge < -0.3 is 10.1 Å². The molecule has 2 aromatic rings. The zero-order chi connectivity index (χ0) is 14.4. The maximum absolute atomic E-state index is 11.8. The smallest absolute Gasteiger partial charge is 0.258 e. The van der Waals surface area contributed by atoms with Crippen molar-refractivity contribution >= 4 is 17.2 Å². The summed E-state index contributed by atoms with van der Waals surface area (Å²) in [6.45, 7) is 1.73. The summed E-state index contributed by atoms with van der Waals surface area (Å²) in [5.41, 5.74) is 0.410. The Labute approximate surface area is 120 Å². The van der Waals surface area contributed by atoms with E-state index < -0.39 is 0 Å². The van der Waals surface area contributed by atoms with Crippen LogP contribution in [0.4, 0.5) is 0 Å². The molecule has 0 aliphatic rings. The van der Waals surface area contributed by atoms with Gasteiger partial charge in [0, 0.05) is 11.6 Å². The van der Waals surface area contributed by atoms with Gasteiger partial charge in [0.15, 0.2) is 6.61 Å². The summed E-state index contributed by atoms with van der Waals surface area (Å²) in [6.07, 6.45) is 1.70. The van der Waals surface area contributed by atoms with E-state index in [1.54, 1.807) is 30.5 Å². The molecule has 0 spiro atoms. The molecule has 0 radical (unpaired) electrons. The Bertz CT molecular complexity index is 620. The van der Waals surface area contributed by atoms with Gasteiger partial charge in [-0.15, -0.1) is 11.3 Å². The van der Waals surface area contributed by atoms with Gasteiger partial charge in [-0.05, 0) is 19.1 Å². The zero-order valence-corrected chi connectivity index (χ0v) is 11.7. The monoisotopic (exact) mass is 287 g/mol. The molecule has 0 saturated heterocycles. The van der Waals surface area contributed by atoms with Crippen LogP contribution in [0.1, 0.15) is 23.5 Å². The Kier molecular flexibility index (Phi) is 4.69. The highest BCUT2D eigenvalue weighted by molar-refractivity contribution is 7.09. The van der Waals surface area contributed by atoms with Crippen molar-refractivity contribution in [3.63, 3.8) is 0 Å². The van der Waals surface area contributed by atoms with Gasteiger partial charge in [-0.1, -0.05) is 12.1 Å². The van der Waals surface area contributed by atoms with Gasteiger partial charge in [0.05, 0.1) is 11.6 Å². The number of aromatic nitrogens is 1. The summed E-state index contributed by atoms with van der Waals surface area (Å²) in [5.74, 6) is 0.160. The molecular formula is C14H13N3O2S. The van der Waals surface area contributed by atoms with Crippen LogP contribution in [-0.4, -0.2) is 17.5 Å². The molecule has 1 N–H and O–H groups in total. The van der Waals surface area contributed by atoms with Crippen molar-refractivity contribution in [2.24, 2.45) is 0 Å². The molecule has 102 valence electrons. The molecule has 0 bridgehead atoms. The molecule has 0 saturated carbocycles. The predicted octanol–water partition coefficient (Wildman–Crippen LogP) is 2.27. The lowest BCUT2D eigenvalue weighted by Crippen LogP contribution is -2.31. The molecule has 0 aliphatic heterocycles. The number of nitrogens with zero attached hydrogens (tertiary/aromatic N) is 2. The molecule has 5 nitrogen and oxygen atoms in total. The maximum atomic E-state index is 11.8. The Morgan fingerprint density at radius 3 is 3.05 bits per heavy atom. The number of para-hydroxylation sites is 1. The fraction of sp³-hybridized carbons (Fsp3) is 0.214. The number of amides is 1. The highest BCUT2D eigenvalue weighted by atomic mass is 32.1. The highest BCUT2D eigenvalue weighted by Gasteiger charge is 2.12. The van der Waals surface area contributed by atoms with Gasteiger partial charge in [0.2, 0.25) is 0 Å². The minimum atomic E-state index is -0.250. The number of ether oxygens (including phenoxy) is 1. The normalized spacial score (nSPS) is 11.4. The van der Waals surface area contributed by atoms with E-state index in [2.05, 4.69) is 10.3 Å². The van der Waals surface area contributed by atoms with Crippen molar-refractivity contribution in [3.8, 4) is 11.8 Å². The van der Waals surface area contributed by atoms with Crippen LogP contribution in [0.25, 0.3) is 0 Å².